The Morgan fingerprint density at radius 1 is 1.18 bits per heavy atom. The maximum Gasteiger partial charge on any atom is 0.338 e. The van der Waals surface area contributed by atoms with E-state index < -0.39 is 28.4 Å². The fraction of sp³-hybridized carbons (Fsp3) is 0.263. The van der Waals surface area contributed by atoms with Gasteiger partial charge in [-0.15, -0.1) is 0 Å². The number of carbonyl (C=O) groups excluding carboxylic acids is 2. The number of benzene rings is 2. The Morgan fingerprint density at radius 2 is 1.89 bits per heavy atom. The van der Waals surface area contributed by atoms with Crippen LogP contribution in [0.2, 0.25) is 5.02 Å². The predicted molar refractivity (Wildman–Crippen MR) is 109 cm³/mol. The van der Waals surface area contributed by atoms with Gasteiger partial charge >= 0.3 is 5.97 Å². The summed E-state index contributed by atoms with van der Waals surface area (Å²) in [7, 11) is -3.73. The molecule has 2 rings (SSSR count). The van der Waals surface area contributed by atoms with Crippen molar-refractivity contribution in [1.82, 2.24) is 0 Å². The summed E-state index contributed by atoms with van der Waals surface area (Å²) in [5, 5.41) is 2.96. The first kappa shape index (κ1) is 21.7. The average molecular weight is 425 g/mol. The Morgan fingerprint density at radius 3 is 2.54 bits per heavy atom. The van der Waals surface area contributed by atoms with E-state index in [1.165, 1.54) is 12.1 Å². The highest BCUT2D eigenvalue weighted by atomic mass is 35.5. The number of ether oxygens (including phenoxy) is 1. The summed E-state index contributed by atoms with van der Waals surface area (Å²) in [6, 6.07) is 11.0. The molecular weight excluding hydrogens is 404 g/mol. The van der Waals surface area contributed by atoms with Crippen LogP contribution < -0.4 is 9.62 Å². The molecule has 0 saturated heterocycles. The second kappa shape index (κ2) is 9.07. The molecule has 0 aromatic heterocycles. The molecule has 0 radical (unpaired) electrons. The molecule has 2 aromatic carbocycles. The largest absolute Gasteiger partial charge is 0.462 e. The van der Waals surface area contributed by atoms with E-state index in [9.17, 15) is 18.0 Å². The first-order valence-corrected chi connectivity index (χ1v) is 10.7. The van der Waals surface area contributed by atoms with Crippen LogP contribution in [-0.4, -0.2) is 39.7 Å². The fourth-order valence-corrected chi connectivity index (χ4v) is 3.57. The molecule has 0 aliphatic carbocycles. The lowest BCUT2D eigenvalue weighted by molar-refractivity contribution is -0.114. The maximum atomic E-state index is 12.5. The second-order valence-corrected chi connectivity index (χ2v) is 8.39. The highest BCUT2D eigenvalue weighted by molar-refractivity contribution is 7.92. The highest BCUT2D eigenvalue weighted by Gasteiger charge is 2.23. The lowest BCUT2D eigenvalue weighted by atomic mass is 10.2. The molecule has 1 N–H and O–H groups in total. The van der Waals surface area contributed by atoms with Gasteiger partial charge in [0.05, 0.1) is 24.1 Å². The number of esters is 1. The van der Waals surface area contributed by atoms with Gasteiger partial charge in [0.15, 0.2) is 0 Å². The van der Waals surface area contributed by atoms with Crippen molar-refractivity contribution in [3.05, 3.63) is 58.6 Å². The van der Waals surface area contributed by atoms with Crippen molar-refractivity contribution in [1.29, 1.82) is 0 Å². The minimum atomic E-state index is -3.73. The molecule has 2 aromatic rings. The van der Waals surface area contributed by atoms with Gasteiger partial charge in [0.25, 0.3) is 0 Å². The normalized spacial score (nSPS) is 11.0. The lowest BCUT2D eigenvalue weighted by Crippen LogP contribution is -2.37. The molecule has 0 spiro atoms. The zero-order chi connectivity index (χ0) is 20.9. The smallest absolute Gasteiger partial charge is 0.338 e. The van der Waals surface area contributed by atoms with Crippen molar-refractivity contribution < 1.29 is 22.7 Å². The Bertz CT molecular complexity index is 992. The molecule has 0 aliphatic heterocycles. The zero-order valence-corrected chi connectivity index (χ0v) is 17.3. The molecule has 1 amide bonds. The van der Waals surface area contributed by atoms with E-state index in [0.29, 0.717) is 22.0 Å². The molecule has 0 saturated carbocycles. The average Bonchev–Trinajstić information content (AvgIpc) is 2.61. The van der Waals surface area contributed by atoms with E-state index in [0.717, 1.165) is 10.6 Å². The standard InChI is InChI=1S/C19H21ClN2O5S/c1-4-27-19(24)14-6-5-7-16(10-14)21-18(23)12-22(28(3,25)26)17-11-15(20)9-8-13(17)2/h5-11H,4,12H2,1-3H3,(H,21,23). The topological polar surface area (TPSA) is 92.8 Å². The number of halogens is 1. The molecule has 0 fully saturated rings. The van der Waals surface area contributed by atoms with Crippen molar-refractivity contribution >= 4 is 44.9 Å². The summed E-state index contributed by atoms with van der Waals surface area (Å²) < 4.78 is 30.4. The number of hydrogen-bond donors (Lipinski definition) is 1. The minimum Gasteiger partial charge on any atom is -0.462 e. The van der Waals surface area contributed by atoms with Crippen LogP contribution in [0.15, 0.2) is 42.5 Å². The monoisotopic (exact) mass is 424 g/mol. The van der Waals surface area contributed by atoms with Crippen LogP contribution in [0, 0.1) is 6.92 Å². The molecule has 7 nitrogen and oxygen atoms in total. The summed E-state index contributed by atoms with van der Waals surface area (Å²) in [5.74, 6) is -1.07. The summed E-state index contributed by atoms with van der Waals surface area (Å²) in [4.78, 5) is 24.3. The van der Waals surface area contributed by atoms with E-state index in [2.05, 4.69) is 5.32 Å². The SMILES string of the molecule is CCOC(=O)c1cccc(NC(=O)CN(c2cc(Cl)ccc2C)S(C)(=O)=O)c1. The number of amides is 1. The molecule has 0 atom stereocenters. The van der Waals surface area contributed by atoms with Crippen molar-refractivity contribution in [2.75, 3.05) is 29.0 Å². The molecule has 0 heterocycles. The Balaban J connectivity index is 2.23. The third-order valence-corrected chi connectivity index (χ3v) is 5.15. The van der Waals surface area contributed by atoms with Crippen LogP contribution in [0.1, 0.15) is 22.8 Å². The number of sulfonamides is 1. The van der Waals surface area contributed by atoms with Crippen molar-refractivity contribution in [3.8, 4) is 0 Å². The first-order chi connectivity index (χ1) is 13.1. The number of nitrogens with one attached hydrogen (secondary N) is 1. The summed E-state index contributed by atoms with van der Waals surface area (Å²) in [6.45, 7) is 3.22. The Labute approximate surface area is 169 Å². The minimum absolute atomic E-state index is 0.234. The predicted octanol–water partition coefficient (Wildman–Crippen LogP) is 3.23. The Kier molecular flexibility index (Phi) is 7.04. The second-order valence-electron chi connectivity index (χ2n) is 6.05. The number of nitrogens with zero attached hydrogens (tertiary/aromatic N) is 1. The number of aryl methyl sites for hydroxylation is 1. The van der Waals surface area contributed by atoms with E-state index in [4.69, 9.17) is 16.3 Å². The summed E-state index contributed by atoms with van der Waals surface area (Å²) in [5.41, 5.74) is 1.62. The van der Waals surface area contributed by atoms with Crippen LogP contribution in [0.5, 0.6) is 0 Å². The van der Waals surface area contributed by atoms with Crippen molar-refractivity contribution in [2.45, 2.75) is 13.8 Å². The van der Waals surface area contributed by atoms with Crippen LogP contribution in [0.4, 0.5) is 11.4 Å². The van der Waals surface area contributed by atoms with Crippen molar-refractivity contribution in [3.63, 3.8) is 0 Å². The number of rotatable bonds is 7. The third-order valence-electron chi connectivity index (χ3n) is 3.78. The molecule has 28 heavy (non-hydrogen) atoms. The zero-order valence-electron chi connectivity index (χ0n) is 15.7. The van der Waals surface area contributed by atoms with E-state index >= 15 is 0 Å². The fourth-order valence-electron chi connectivity index (χ4n) is 2.50. The summed E-state index contributed by atoms with van der Waals surface area (Å²) in [6.07, 6.45) is 1.02. The number of anilines is 2. The van der Waals surface area contributed by atoms with Gasteiger partial charge in [-0.05, 0) is 49.7 Å². The van der Waals surface area contributed by atoms with Crippen LogP contribution in [0.25, 0.3) is 0 Å². The first-order valence-electron chi connectivity index (χ1n) is 8.42. The summed E-state index contributed by atoms with van der Waals surface area (Å²) >= 11 is 5.98. The Hall–Kier alpha value is -2.58. The number of carbonyl (C=O) groups is 2. The molecular formula is C19H21ClN2O5S. The number of hydrogen-bond acceptors (Lipinski definition) is 5. The molecule has 0 aliphatic rings. The van der Waals surface area contributed by atoms with Gasteiger partial charge < -0.3 is 10.1 Å². The van der Waals surface area contributed by atoms with Gasteiger partial charge in [-0.25, -0.2) is 13.2 Å². The van der Waals surface area contributed by atoms with E-state index in [1.54, 1.807) is 44.2 Å². The van der Waals surface area contributed by atoms with Gasteiger partial charge in [-0.2, -0.15) is 0 Å². The van der Waals surface area contributed by atoms with Crippen molar-refractivity contribution in [2.24, 2.45) is 0 Å². The van der Waals surface area contributed by atoms with Gasteiger partial charge in [0.1, 0.15) is 6.54 Å². The van der Waals surface area contributed by atoms with Gasteiger partial charge in [-0.1, -0.05) is 23.7 Å². The van der Waals surface area contributed by atoms with Gasteiger partial charge in [0, 0.05) is 10.7 Å². The molecule has 0 unspecified atom stereocenters. The lowest BCUT2D eigenvalue weighted by Gasteiger charge is -2.24. The van der Waals surface area contributed by atoms with Gasteiger partial charge in [0.2, 0.25) is 15.9 Å². The van der Waals surface area contributed by atoms with Crippen LogP contribution >= 0.6 is 11.6 Å². The van der Waals surface area contributed by atoms with E-state index in [1.807, 2.05) is 0 Å². The van der Waals surface area contributed by atoms with Gasteiger partial charge in [-0.3, -0.25) is 9.10 Å². The molecule has 0 bridgehead atoms. The molecule has 9 heteroatoms. The van der Waals surface area contributed by atoms with Crippen LogP contribution in [0.3, 0.4) is 0 Å². The third kappa shape index (κ3) is 5.71. The quantitative estimate of drug-likeness (QED) is 0.689. The van der Waals surface area contributed by atoms with Crippen LogP contribution in [-0.2, 0) is 19.6 Å². The highest BCUT2D eigenvalue weighted by Crippen LogP contribution is 2.26. The maximum absolute atomic E-state index is 12.5. The van der Waals surface area contributed by atoms with E-state index in [-0.39, 0.29) is 12.2 Å². The molecule has 150 valence electrons.